The molecule has 0 saturated carbocycles. The number of amides is 1. The Morgan fingerprint density at radius 1 is 1.23 bits per heavy atom. The monoisotopic (exact) mass is 448 g/mol. The number of thioether (sulfide) groups is 1. The lowest BCUT2D eigenvalue weighted by molar-refractivity contribution is -0.115. The standard InChI is InChI=1S/C24H24N4OS2/c1-2-21(22(29)28-24-27-20(15-30-24)16-9-5-3-6-10-16)31-23-18(14-25)13-17-11-7-4-8-12-19(17)26-23/h3,5-6,9-10,13,15,21H,2,4,7-8,11-12H2,1H3,(H,27,28,29). The molecule has 7 heteroatoms. The Morgan fingerprint density at radius 2 is 2.03 bits per heavy atom. The average molecular weight is 449 g/mol. The Morgan fingerprint density at radius 3 is 2.81 bits per heavy atom. The van der Waals surface area contributed by atoms with Crippen LogP contribution in [0.1, 0.15) is 49.4 Å². The highest BCUT2D eigenvalue weighted by atomic mass is 32.2. The van der Waals surface area contributed by atoms with Crippen molar-refractivity contribution in [3.63, 3.8) is 0 Å². The molecule has 31 heavy (non-hydrogen) atoms. The third-order valence-electron chi connectivity index (χ3n) is 5.36. The molecule has 0 radical (unpaired) electrons. The smallest absolute Gasteiger partial charge is 0.239 e. The lowest BCUT2D eigenvalue weighted by Crippen LogP contribution is -2.24. The van der Waals surface area contributed by atoms with E-state index in [0.717, 1.165) is 42.6 Å². The quantitative estimate of drug-likeness (QED) is 0.378. The van der Waals surface area contributed by atoms with E-state index in [0.29, 0.717) is 22.1 Å². The average Bonchev–Trinajstić information content (AvgIpc) is 3.14. The first-order valence-corrected chi connectivity index (χ1v) is 12.3. The number of aryl methyl sites for hydroxylation is 2. The number of anilines is 1. The molecule has 1 N–H and O–H groups in total. The van der Waals surface area contributed by atoms with Gasteiger partial charge in [-0.1, -0.05) is 55.4 Å². The highest BCUT2D eigenvalue weighted by Gasteiger charge is 2.23. The summed E-state index contributed by atoms with van der Waals surface area (Å²) in [6, 6.07) is 14.2. The molecule has 0 bridgehead atoms. The highest BCUT2D eigenvalue weighted by molar-refractivity contribution is 8.00. The summed E-state index contributed by atoms with van der Waals surface area (Å²) in [5, 5.41) is 15.4. The zero-order chi connectivity index (χ0) is 21.6. The number of hydrogen-bond donors (Lipinski definition) is 1. The van der Waals surface area contributed by atoms with Gasteiger partial charge in [0.05, 0.1) is 16.5 Å². The molecule has 2 aromatic heterocycles. The lowest BCUT2D eigenvalue weighted by atomic mass is 10.1. The van der Waals surface area contributed by atoms with Crippen LogP contribution in [0.25, 0.3) is 11.3 Å². The summed E-state index contributed by atoms with van der Waals surface area (Å²) in [5.41, 5.74) is 4.71. The van der Waals surface area contributed by atoms with Crippen molar-refractivity contribution in [1.29, 1.82) is 5.26 Å². The molecule has 3 aromatic rings. The summed E-state index contributed by atoms with van der Waals surface area (Å²) in [5.74, 6) is -0.109. The molecule has 1 aliphatic carbocycles. The summed E-state index contributed by atoms with van der Waals surface area (Å²) >= 11 is 2.80. The van der Waals surface area contributed by atoms with Crippen LogP contribution in [0.3, 0.4) is 0 Å². The number of aromatic nitrogens is 2. The van der Waals surface area contributed by atoms with E-state index < -0.39 is 0 Å². The van der Waals surface area contributed by atoms with E-state index in [-0.39, 0.29) is 11.2 Å². The topological polar surface area (TPSA) is 78.7 Å². The Labute approximate surface area is 190 Å². The fraction of sp³-hybridized carbons (Fsp3) is 0.333. The van der Waals surface area contributed by atoms with E-state index in [9.17, 15) is 10.1 Å². The first-order valence-electron chi connectivity index (χ1n) is 10.6. The Bertz CT molecular complexity index is 1100. The number of fused-ring (bicyclic) bond motifs is 1. The fourth-order valence-electron chi connectivity index (χ4n) is 3.68. The Hall–Kier alpha value is -2.69. The second-order valence-corrected chi connectivity index (χ2v) is 9.58. The minimum absolute atomic E-state index is 0.109. The molecule has 1 unspecified atom stereocenters. The zero-order valence-electron chi connectivity index (χ0n) is 17.4. The number of thiazole rings is 1. The van der Waals surface area contributed by atoms with Crippen LogP contribution in [0.15, 0.2) is 46.8 Å². The van der Waals surface area contributed by atoms with Gasteiger partial charge in [0.2, 0.25) is 5.91 Å². The van der Waals surface area contributed by atoms with Crippen molar-refractivity contribution >= 4 is 34.1 Å². The number of nitrogens with zero attached hydrogens (tertiary/aromatic N) is 3. The molecule has 0 spiro atoms. The van der Waals surface area contributed by atoms with Crippen LogP contribution in [0.5, 0.6) is 0 Å². The summed E-state index contributed by atoms with van der Waals surface area (Å²) < 4.78 is 0. The van der Waals surface area contributed by atoms with Crippen LogP contribution in [0, 0.1) is 11.3 Å². The van der Waals surface area contributed by atoms with Crippen molar-refractivity contribution in [1.82, 2.24) is 9.97 Å². The Balaban J connectivity index is 1.49. The Kier molecular flexibility index (Phi) is 7.00. The summed E-state index contributed by atoms with van der Waals surface area (Å²) in [6.45, 7) is 1.98. The molecule has 1 aliphatic rings. The van der Waals surface area contributed by atoms with E-state index in [4.69, 9.17) is 4.98 Å². The summed E-state index contributed by atoms with van der Waals surface area (Å²) in [6.07, 6.45) is 6.02. The molecule has 1 atom stereocenters. The van der Waals surface area contributed by atoms with Gasteiger partial charge in [0.25, 0.3) is 0 Å². The molecule has 0 fully saturated rings. The van der Waals surface area contributed by atoms with E-state index in [1.54, 1.807) is 0 Å². The normalized spacial score (nSPS) is 14.2. The second-order valence-electron chi connectivity index (χ2n) is 7.53. The number of nitriles is 1. The molecule has 1 aromatic carbocycles. The van der Waals surface area contributed by atoms with Gasteiger partial charge in [-0.05, 0) is 43.7 Å². The van der Waals surface area contributed by atoms with Crippen LogP contribution in [0.2, 0.25) is 0 Å². The molecule has 5 nitrogen and oxygen atoms in total. The number of hydrogen-bond acceptors (Lipinski definition) is 6. The fourth-order valence-corrected chi connectivity index (χ4v) is 5.40. The molecule has 2 heterocycles. The molecule has 158 valence electrons. The van der Waals surface area contributed by atoms with Crippen molar-refractivity contribution in [3.8, 4) is 17.3 Å². The van der Waals surface area contributed by atoms with E-state index in [1.165, 1.54) is 35.1 Å². The van der Waals surface area contributed by atoms with Crippen molar-refractivity contribution in [3.05, 3.63) is 58.6 Å². The minimum atomic E-state index is -0.340. The second kappa shape index (κ2) is 10.1. The van der Waals surface area contributed by atoms with Gasteiger partial charge < -0.3 is 5.32 Å². The van der Waals surface area contributed by atoms with Gasteiger partial charge in [0, 0.05) is 16.6 Å². The molecule has 0 saturated heterocycles. The summed E-state index contributed by atoms with van der Waals surface area (Å²) in [7, 11) is 0. The minimum Gasteiger partial charge on any atom is -0.301 e. The zero-order valence-corrected chi connectivity index (χ0v) is 19.1. The maximum atomic E-state index is 13.0. The third-order valence-corrected chi connectivity index (χ3v) is 7.48. The molecular weight excluding hydrogens is 424 g/mol. The van der Waals surface area contributed by atoms with Gasteiger partial charge in [-0.3, -0.25) is 4.79 Å². The van der Waals surface area contributed by atoms with Crippen LogP contribution in [0.4, 0.5) is 5.13 Å². The van der Waals surface area contributed by atoms with Crippen LogP contribution < -0.4 is 5.32 Å². The molecule has 1 amide bonds. The first-order chi connectivity index (χ1) is 15.2. The predicted molar refractivity (Wildman–Crippen MR) is 126 cm³/mol. The van der Waals surface area contributed by atoms with Crippen LogP contribution in [-0.4, -0.2) is 21.1 Å². The number of rotatable bonds is 6. The van der Waals surface area contributed by atoms with Gasteiger partial charge in [-0.25, -0.2) is 9.97 Å². The van der Waals surface area contributed by atoms with Gasteiger partial charge in [-0.2, -0.15) is 5.26 Å². The van der Waals surface area contributed by atoms with E-state index in [2.05, 4.69) is 16.4 Å². The van der Waals surface area contributed by atoms with Crippen LogP contribution >= 0.6 is 23.1 Å². The van der Waals surface area contributed by atoms with Gasteiger partial charge in [-0.15, -0.1) is 11.3 Å². The van der Waals surface area contributed by atoms with Gasteiger partial charge in [0.15, 0.2) is 5.13 Å². The summed E-state index contributed by atoms with van der Waals surface area (Å²) in [4.78, 5) is 22.3. The first kappa shape index (κ1) is 21.5. The van der Waals surface area contributed by atoms with E-state index in [1.807, 2.05) is 48.7 Å². The molecule has 4 rings (SSSR count). The maximum Gasteiger partial charge on any atom is 0.239 e. The number of nitrogens with one attached hydrogen (secondary N) is 1. The number of benzene rings is 1. The SMILES string of the molecule is CCC(Sc1nc2c(cc1C#N)CCCCC2)C(=O)Nc1nc(-c2ccccc2)cs1. The highest BCUT2D eigenvalue weighted by Crippen LogP contribution is 2.32. The molecular formula is C24H24N4OS2. The van der Waals surface area contributed by atoms with Crippen LogP contribution in [-0.2, 0) is 17.6 Å². The largest absolute Gasteiger partial charge is 0.301 e. The number of pyridine rings is 1. The molecule has 0 aliphatic heterocycles. The van der Waals surface area contributed by atoms with Crippen molar-refractivity contribution in [2.24, 2.45) is 0 Å². The van der Waals surface area contributed by atoms with Crippen molar-refractivity contribution < 1.29 is 4.79 Å². The number of carbonyl (C=O) groups excluding carboxylic acids is 1. The lowest BCUT2D eigenvalue weighted by Gasteiger charge is -2.15. The maximum absolute atomic E-state index is 13.0. The van der Waals surface area contributed by atoms with E-state index >= 15 is 0 Å². The number of carbonyl (C=O) groups is 1. The predicted octanol–water partition coefficient (Wildman–Crippen LogP) is 5.86. The van der Waals surface area contributed by atoms with Crippen molar-refractivity contribution in [2.45, 2.75) is 55.7 Å². The third kappa shape index (κ3) is 5.15. The van der Waals surface area contributed by atoms with Gasteiger partial charge >= 0.3 is 0 Å². The van der Waals surface area contributed by atoms with Gasteiger partial charge in [0.1, 0.15) is 11.1 Å². The van der Waals surface area contributed by atoms with Crippen molar-refractivity contribution in [2.75, 3.05) is 5.32 Å².